The van der Waals surface area contributed by atoms with E-state index in [0.717, 1.165) is 105 Å². The minimum atomic E-state index is -0.336. The predicted octanol–water partition coefficient (Wildman–Crippen LogP) is 7.53. The molecule has 2 saturated heterocycles. The van der Waals surface area contributed by atoms with Crippen LogP contribution in [0.1, 0.15) is 92.8 Å². The number of fused-ring (bicyclic) bond motifs is 4. The summed E-state index contributed by atoms with van der Waals surface area (Å²) in [6, 6.07) is 21.1. The second-order valence-electron chi connectivity index (χ2n) is 16.3. The van der Waals surface area contributed by atoms with E-state index in [4.69, 9.17) is 14.5 Å². The van der Waals surface area contributed by atoms with E-state index in [1.165, 1.54) is 23.8 Å². The SMILES string of the molecule is COC(=O)N1c2ccc3c(nc(Cc4ccccc4)n3C3CC=CCC3)c2CCC1(C)SC.O=CN1CCC(c2ccc3c(c2)OCCN3C2CCC(=O)NC2=O)CC1. The molecule has 13 heteroatoms. The molecule has 1 aliphatic carbocycles. The third kappa shape index (κ3) is 8.18. The number of rotatable bonds is 7. The number of aryl methyl sites for hydroxylation is 1. The van der Waals surface area contributed by atoms with Crippen molar-refractivity contribution < 1.29 is 28.7 Å². The Kier molecular flexibility index (Phi) is 12.0. The van der Waals surface area contributed by atoms with E-state index in [1.54, 1.807) is 11.8 Å². The number of ether oxygens (including phenoxy) is 2. The normalized spacial score (nSPS) is 23.1. The summed E-state index contributed by atoms with van der Waals surface area (Å²) in [6.07, 6.45) is 15.9. The molecule has 1 aromatic heterocycles. The van der Waals surface area contributed by atoms with Gasteiger partial charge in [-0.1, -0.05) is 48.6 Å². The molecule has 310 valence electrons. The van der Waals surface area contributed by atoms with E-state index in [0.29, 0.717) is 38.0 Å². The lowest BCUT2D eigenvalue weighted by molar-refractivity contribution is -0.134. The number of carbonyl (C=O) groups is 4. The number of piperidine rings is 2. The molecule has 3 unspecified atom stereocenters. The maximum atomic E-state index is 12.9. The fourth-order valence-corrected chi connectivity index (χ4v) is 10.1. The fraction of sp³-hybridized carbons (Fsp3) is 0.457. The number of imide groups is 1. The Hall–Kier alpha value is -5.30. The smallest absolute Gasteiger partial charge is 0.415 e. The van der Waals surface area contributed by atoms with Crippen LogP contribution in [0.2, 0.25) is 0 Å². The van der Waals surface area contributed by atoms with Gasteiger partial charge in [0.25, 0.3) is 0 Å². The maximum absolute atomic E-state index is 12.9. The van der Waals surface area contributed by atoms with Crippen LogP contribution in [0.3, 0.4) is 0 Å². The third-order valence-corrected chi connectivity index (χ3v) is 14.1. The number of hydrogen-bond donors (Lipinski definition) is 1. The van der Waals surface area contributed by atoms with E-state index in [9.17, 15) is 19.2 Å². The van der Waals surface area contributed by atoms with Crippen LogP contribution in [-0.4, -0.2) is 89.3 Å². The molecule has 3 aromatic carbocycles. The number of benzene rings is 3. The number of methoxy groups -OCH3 is 1. The number of thioether (sulfide) groups is 1. The molecule has 3 atom stereocenters. The largest absolute Gasteiger partial charge is 0.490 e. The second kappa shape index (κ2) is 17.5. The molecule has 0 spiro atoms. The summed E-state index contributed by atoms with van der Waals surface area (Å²) in [5.74, 6) is 1.91. The molecule has 1 N–H and O–H groups in total. The van der Waals surface area contributed by atoms with Crippen LogP contribution in [0, 0.1) is 0 Å². The lowest BCUT2D eigenvalue weighted by Gasteiger charge is -2.43. The van der Waals surface area contributed by atoms with Crippen molar-refractivity contribution in [2.45, 2.75) is 94.0 Å². The van der Waals surface area contributed by atoms with Gasteiger partial charge in [0.2, 0.25) is 18.2 Å². The van der Waals surface area contributed by atoms with Crippen LogP contribution in [0.25, 0.3) is 11.0 Å². The summed E-state index contributed by atoms with van der Waals surface area (Å²) in [5, 5.41) is 2.44. The molecule has 5 aliphatic rings. The Labute approximate surface area is 350 Å². The molecule has 59 heavy (non-hydrogen) atoms. The molecule has 4 aliphatic heterocycles. The van der Waals surface area contributed by atoms with Crippen LogP contribution < -0.4 is 19.9 Å². The molecule has 4 aromatic rings. The predicted molar refractivity (Wildman–Crippen MR) is 231 cm³/mol. The van der Waals surface area contributed by atoms with Gasteiger partial charge in [-0.05, 0) is 106 Å². The monoisotopic (exact) mass is 818 g/mol. The van der Waals surface area contributed by atoms with Gasteiger partial charge >= 0.3 is 6.09 Å². The number of carbonyl (C=O) groups excluding carboxylic acids is 4. The molecule has 9 rings (SSSR count). The van der Waals surface area contributed by atoms with Crippen LogP contribution in [0.4, 0.5) is 16.2 Å². The number of likely N-dealkylation sites (tertiary alicyclic amines) is 1. The van der Waals surface area contributed by atoms with Gasteiger partial charge in [-0.3, -0.25) is 24.6 Å². The zero-order chi connectivity index (χ0) is 41.1. The highest BCUT2D eigenvalue weighted by Crippen LogP contribution is 2.46. The molecule has 0 saturated carbocycles. The zero-order valence-electron chi connectivity index (χ0n) is 34.2. The molecule has 4 amide bonds. The maximum Gasteiger partial charge on any atom is 0.415 e. The van der Waals surface area contributed by atoms with Gasteiger partial charge in [0, 0.05) is 37.5 Å². The number of anilines is 2. The van der Waals surface area contributed by atoms with E-state index < -0.39 is 0 Å². The highest BCUT2D eigenvalue weighted by molar-refractivity contribution is 8.00. The standard InChI is InChI=1S/C27H31N3O2S.C19H23N3O4/c1-27(33-3)17-16-21-22(30(27)26(31)32-2)14-15-23-25(21)28-24(18-19-10-6-4-7-11-19)29(23)20-12-8-5-9-13-20;23-12-21-7-5-13(6-8-21)14-1-2-15-17(11-14)26-10-9-22(15)16-3-4-18(24)20-19(16)25/h4-8,10-11,14-15,20H,9,12-13,16-18H2,1-3H3;1-2,11-13,16H,3-10H2,(H,20,24,25). The quantitative estimate of drug-likeness (QED) is 0.114. The zero-order valence-corrected chi connectivity index (χ0v) is 35.0. The summed E-state index contributed by atoms with van der Waals surface area (Å²) >= 11 is 1.69. The number of aromatic nitrogens is 2. The first-order valence-corrected chi connectivity index (χ1v) is 22.1. The van der Waals surface area contributed by atoms with Gasteiger partial charge in [0.1, 0.15) is 24.2 Å². The lowest BCUT2D eigenvalue weighted by Crippen LogP contribution is -2.54. The van der Waals surface area contributed by atoms with Crippen LogP contribution in [0.15, 0.2) is 72.8 Å². The Morgan fingerprint density at radius 1 is 1.00 bits per heavy atom. The van der Waals surface area contributed by atoms with Gasteiger partial charge in [0.15, 0.2) is 0 Å². The van der Waals surface area contributed by atoms with Crippen molar-refractivity contribution in [2.24, 2.45) is 0 Å². The summed E-state index contributed by atoms with van der Waals surface area (Å²) < 4.78 is 13.5. The number of allylic oxidation sites excluding steroid dienone is 2. The summed E-state index contributed by atoms with van der Waals surface area (Å²) in [4.78, 5) is 58.0. The van der Waals surface area contributed by atoms with E-state index in [1.807, 2.05) is 15.9 Å². The summed E-state index contributed by atoms with van der Waals surface area (Å²) in [7, 11) is 1.46. The van der Waals surface area contributed by atoms with Gasteiger partial charge < -0.3 is 23.8 Å². The van der Waals surface area contributed by atoms with E-state index in [2.05, 4.69) is 94.7 Å². The fourth-order valence-electron chi connectivity index (χ4n) is 9.49. The van der Waals surface area contributed by atoms with Crippen molar-refractivity contribution >= 4 is 58.5 Å². The van der Waals surface area contributed by atoms with Gasteiger partial charge in [-0.25, -0.2) is 9.78 Å². The molecule has 0 bridgehead atoms. The minimum Gasteiger partial charge on any atom is -0.490 e. The first-order chi connectivity index (χ1) is 28.7. The van der Waals surface area contributed by atoms with Crippen LogP contribution in [0.5, 0.6) is 5.75 Å². The molecule has 2 fully saturated rings. The van der Waals surface area contributed by atoms with E-state index >= 15 is 0 Å². The number of imidazole rings is 1. The highest BCUT2D eigenvalue weighted by atomic mass is 32.2. The number of nitrogens with zero attached hydrogens (tertiary/aromatic N) is 5. The van der Waals surface area contributed by atoms with Gasteiger partial charge in [-0.2, -0.15) is 0 Å². The molecule has 0 radical (unpaired) electrons. The number of amides is 4. The Balaban J connectivity index is 0.000000169. The number of hydrogen-bond acceptors (Lipinski definition) is 9. The Bertz CT molecular complexity index is 2240. The lowest BCUT2D eigenvalue weighted by atomic mass is 9.89. The molecular weight excluding hydrogens is 765 g/mol. The third-order valence-electron chi connectivity index (χ3n) is 12.8. The average Bonchev–Trinajstić information content (AvgIpc) is 3.64. The summed E-state index contributed by atoms with van der Waals surface area (Å²) in [5.41, 5.74) is 7.70. The Morgan fingerprint density at radius 3 is 2.51 bits per heavy atom. The first kappa shape index (κ1) is 40.5. The van der Waals surface area contributed by atoms with Gasteiger partial charge in [-0.15, -0.1) is 11.8 Å². The van der Waals surface area contributed by atoms with Crippen LogP contribution in [-0.2, 0) is 32.0 Å². The number of nitrogens with one attached hydrogen (secondary N) is 1. The Morgan fingerprint density at radius 2 is 1.80 bits per heavy atom. The van der Waals surface area contributed by atoms with Crippen molar-refractivity contribution in [3.8, 4) is 5.75 Å². The molecule has 5 heterocycles. The highest BCUT2D eigenvalue weighted by Gasteiger charge is 2.42. The van der Waals surface area contributed by atoms with Crippen molar-refractivity contribution in [3.63, 3.8) is 0 Å². The van der Waals surface area contributed by atoms with Crippen molar-refractivity contribution in [1.82, 2.24) is 19.8 Å². The first-order valence-electron chi connectivity index (χ1n) is 20.9. The van der Waals surface area contributed by atoms with Gasteiger partial charge in [0.05, 0.1) is 40.9 Å². The van der Waals surface area contributed by atoms with Crippen molar-refractivity contribution in [2.75, 3.05) is 49.4 Å². The molecule has 12 nitrogen and oxygen atoms in total. The molecular formula is C46H54N6O6S. The second-order valence-corrected chi connectivity index (χ2v) is 17.6. The van der Waals surface area contributed by atoms with Crippen LogP contribution >= 0.6 is 11.8 Å². The topological polar surface area (TPSA) is 126 Å². The van der Waals surface area contributed by atoms with Crippen molar-refractivity contribution in [1.29, 1.82) is 0 Å². The summed E-state index contributed by atoms with van der Waals surface area (Å²) in [6.45, 7) is 4.85. The van der Waals surface area contributed by atoms with Crippen molar-refractivity contribution in [3.05, 3.63) is 95.3 Å². The van der Waals surface area contributed by atoms with E-state index in [-0.39, 0.29) is 28.8 Å². The average molecular weight is 819 g/mol. The minimum absolute atomic E-state index is 0.197.